The van der Waals surface area contributed by atoms with Crippen LogP contribution in [-0.4, -0.2) is 61.5 Å². The highest BCUT2D eigenvalue weighted by Gasteiger charge is 2.57. The maximum absolute atomic E-state index is 15.1. The fraction of sp³-hybridized carbons (Fsp3) is 0.429. The molecule has 4 rings (SSSR count). The number of nitrogens with zero attached hydrogens (tertiary/aromatic N) is 3. The Balaban J connectivity index is 1.70. The molecule has 3 atom stereocenters. The average Bonchev–Trinajstić information content (AvgIpc) is 3.17. The molecule has 33 heavy (non-hydrogen) atoms. The number of carbonyl (C=O) groups excluding carboxylic acids is 1. The standard InChI is InChI=1S/C21H24FN5O5S/c1-20(33(3,29)30)7-12-10-32-11-21(12,27-19(20)23)14-6-13(4-5-15(14)22)26-18(28)16-8-25-17(31-2)9-24-16/h4-6,8-9,12H,7,10-11H2,1-3H3,(H2,23,27)(H,26,28)/t12-,20-,21+/m0/s1. The number of amidine groups is 1. The fourth-order valence-electron chi connectivity index (χ4n) is 4.24. The first kappa shape index (κ1) is 23.1. The predicted octanol–water partition coefficient (Wildman–Crippen LogP) is 1.28. The van der Waals surface area contributed by atoms with Gasteiger partial charge in [0.05, 0.1) is 32.7 Å². The largest absolute Gasteiger partial charge is 0.480 e. The molecule has 0 saturated carbocycles. The number of rotatable bonds is 5. The second kappa shape index (κ2) is 8.03. The molecule has 3 heterocycles. The van der Waals surface area contributed by atoms with Gasteiger partial charge in [-0.25, -0.2) is 22.8 Å². The third-order valence-corrected chi connectivity index (χ3v) is 8.41. The molecule has 1 saturated heterocycles. The number of carbonyl (C=O) groups is 1. The minimum absolute atomic E-state index is 0.0382. The molecule has 0 unspecified atom stereocenters. The van der Waals surface area contributed by atoms with Crippen LogP contribution in [0.15, 0.2) is 35.6 Å². The topological polar surface area (TPSA) is 146 Å². The number of sulfone groups is 1. The number of amides is 1. The van der Waals surface area contributed by atoms with Gasteiger partial charge in [-0.1, -0.05) is 0 Å². The normalized spacial score (nSPS) is 26.9. The van der Waals surface area contributed by atoms with Gasteiger partial charge in [-0.15, -0.1) is 0 Å². The highest BCUT2D eigenvalue weighted by molar-refractivity contribution is 7.92. The summed E-state index contributed by atoms with van der Waals surface area (Å²) in [5, 5.41) is 2.67. The Morgan fingerprint density at radius 3 is 2.73 bits per heavy atom. The number of halogens is 1. The first-order valence-electron chi connectivity index (χ1n) is 10.1. The van der Waals surface area contributed by atoms with Gasteiger partial charge in [0.25, 0.3) is 5.91 Å². The molecule has 176 valence electrons. The first-order valence-corrected chi connectivity index (χ1v) is 12.0. The Kier molecular flexibility index (Phi) is 5.61. The lowest BCUT2D eigenvalue weighted by Crippen LogP contribution is -2.56. The molecule has 0 radical (unpaired) electrons. The number of hydrogen-bond donors (Lipinski definition) is 2. The summed E-state index contributed by atoms with van der Waals surface area (Å²) in [5.74, 6) is -1.36. The number of aliphatic imine (C=N–C) groups is 1. The van der Waals surface area contributed by atoms with Gasteiger partial charge in [-0.3, -0.25) is 9.79 Å². The molecule has 0 spiro atoms. The molecule has 0 aliphatic carbocycles. The fourth-order valence-corrected chi connectivity index (χ4v) is 5.17. The van der Waals surface area contributed by atoms with Gasteiger partial charge in [0.1, 0.15) is 27.6 Å². The van der Waals surface area contributed by atoms with Gasteiger partial charge in [0.2, 0.25) is 5.88 Å². The van der Waals surface area contributed by atoms with E-state index in [0.717, 1.165) is 6.26 Å². The lowest BCUT2D eigenvalue weighted by molar-refractivity contribution is 0.102. The number of aromatic nitrogens is 2. The van der Waals surface area contributed by atoms with Crippen molar-refractivity contribution in [3.05, 3.63) is 47.7 Å². The van der Waals surface area contributed by atoms with E-state index >= 15 is 4.39 Å². The number of ether oxygens (including phenoxy) is 2. The van der Waals surface area contributed by atoms with Crippen molar-refractivity contribution in [3.8, 4) is 5.88 Å². The molecule has 1 aromatic heterocycles. The Hall–Kier alpha value is -3.12. The highest BCUT2D eigenvalue weighted by Crippen LogP contribution is 2.49. The van der Waals surface area contributed by atoms with Crippen LogP contribution in [0, 0.1) is 11.7 Å². The number of nitrogens with two attached hydrogens (primary N) is 1. The minimum atomic E-state index is -3.58. The summed E-state index contributed by atoms with van der Waals surface area (Å²) < 4.78 is 49.1. The van der Waals surface area contributed by atoms with Crippen molar-refractivity contribution in [2.75, 3.05) is 31.9 Å². The summed E-state index contributed by atoms with van der Waals surface area (Å²) in [6, 6.07) is 4.09. The van der Waals surface area contributed by atoms with Crippen molar-refractivity contribution >= 4 is 27.3 Å². The molecule has 1 amide bonds. The zero-order valence-corrected chi connectivity index (χ0v) is 19.1. The predicted molar refractivity (Wildman–Crippen MR) is 118 cm³/mol. The zero-order chi connectivity index (χ0) is 24.0. The summed E-state index contributed by atoms with van der Waals surface area (Å²) in [6.45, 7) is 1.77. The third kappa shape index (κ3) is 3.82. The van der Waals surface area contributed by atoms with E-state index in [1.165, 1.54) is 44.6 Å². The molecular weight excluding hydrogens is 453 g/mol. The number of nitrogens with one attached hydrogen (secondary N) is 1. The lowest BCUT2D eigenvalue weighted by atomic mass is 9.73. The second-order valence-corrected chi connectivity index (χ2v) is 10.9. The molecule has 3 N–H and O–H groups in total. The molecule has 0 bridgehead atoms. The van der Waals surface area contributed by atoms with Crippen LogP contribution in [0.3, 0.4) is 0 Å². The molecule has 2 aliphatic heterocycles. The Bertz CT molecular complexity index is 1240. The number of anilines is 1. The van der Waals surface area contributed by atoms with Crippen molar-refractivity contribution in [2.24, 2.45) is 16.6 Å². The van der Waals surface area contributed by atoms with E-state index in [9.17, 15) is 13.2 Å². The van der Waals surface area contributed by atoms with Crippen LogP contribution >= 0.6 is 0 Å². The van der Waals surface area contributed by atoms with E-state index in [4.69, 9.17) is 15.2 Å². The van der Waals surface area contributed by atoms with Crippen LogP contribution in [0.1, 0.15) is 29.4 Å². The van der Waals surface area contributed by atoms with Gasteiger partial charge in [-0.2, -0.15) is 0 Å². The Morgan fingerprint density at radius 2 is 2.09 bits per heavy atom. The average molecular weight is 478 g/mol. The van der Waals surface area contributed by atoms with Crippen LogP contribution in [0.2, 0.25) is 0 Å². The van der Waals surface area contributed by atoms with Crippen LogP contribution in [0.5, 0.6) is 5.88 Å². The molecule has 10 nitrogen and oxygen atoms in total. The van der Waals surface area contributed by atoms with E-state index < -0.39 is 37.8 Å². The van der Waals surface area contributed by atoms with Crippen molar-refractivity contribution < 1.29 is 27.1 Å². The molecule has 2 aromatic rings. The quantitative estimate of drug-likeness (QED) is 0.655. The van der Waals surface area contributed by atoms with E-state index in [0.29, 0.717) is 5.69 Å². The lowest BCUT2D eigenvalue weighted by Gasteiger charge is -2.42. The molecule has 12 heteroatoms. The minimum Gasteiger partial charge on any atom is -0.480 e. The maximum atomic E-state index is 15.1. The monoisotopic (exact) mass is 477 g/mol. The molecule has 1 fully saturated rings. The summed E-state index contributed by atoms with van der Waals surface area (Å²) in [7, 11) is -2.14. The SMILES string of the molecule is COc1cnc(C(=O)Nc2ccc(F)c([C@@]34COC[C@@H]3C[C@](C)(S(C)(=O)=O)C(N)=N4)c2)cn1. The molecule has 1 aromatic carbocycles. The van der Waals surface area contributed by atoms with Crippen LogP contribution < -0.4 is 15.8 Å². The Labute approximate surface area is 190 Å². The number of fused-ring (bicyclic) bond motifs is 1. The Morgan fingerprint density at radius 1 is 1.33 bits per heavy atom. The van der Waals surface area contributed by atoms with Gasteiger partial charge >= 0.3 is 0 Å². The molecular formula is C21H24FN5O5S. The van der Waals surface area contributed by atoms with Crippen molar-refractivity contribution in [1.82, 2.24) is 9.97 Å². The summed E-state index contributed by atoms with van der Waals surface area (Å²) in [5.41, 5.74) is 5.47. The number of benzene rings is 1. The van der Waals surface area contributed by atoms with Gasteiger partial charge < -0.3 is 20.5 Å². The summed E-state index contributed by atoms with van der Waals surface area (Å²) >= 11 is 0. The zero-order valence-electron chi connectivity index (χ0n) is 18.3. The van der Waals surface area contributed by atoms with Gasteiger partial charge in [-0.05, 0) is 31.5 Å². The maximum Gasteiger partial charge on any atom is 0.275 e. The van der Waals surface area contributed by atoms with E-state index in [1.54, 1.807) is 0 Å². The van der Waals surface area contributed by atoms with Crippen LogP contribution in [0.25, 0.3) is 0 Å². The van der Waals surface area contributed by atoms with Gasteiger partial charge in [0, 0.05) is 23.4 Å². The smallest absolute Gasteiger partial charge is 0.275 e. The molecule has 2 aliphatic rings. The van der Waals surface area contributed by atoms with Crippen molar-refractivity contribution in [2.45, 2.75) is 23.6 Å². The van der Waals surface area contributed by atoms with E-state index in [2.05, 4.69) is 20.3 Å². The van der Waals surface area contributed by atoms with E-state index in [-0.39, 0.29) is 42.6 Å². The summed E-state index contributed by atoms with van der Waals surface area (Å²) in [6.07, 6.45) is 3.81. The first-order chi connectivity index (χ1) is 15.5. The number of methoxy groups -OCH3 is 1. The van der Waals surface area contributed by atoms with Crippen LogP contribution in [-0.2, 0) is 20.1 Å². The second-order valence-electron chi connectivity index (χ2n) is 8.43. The van der Waals surface area contributed by atoms with Crippen molar-refractivity contribution in [3.63, 3.8) is 0 Å². The third-order valence-electron chi connectivity index (χ3n) is 6.39. The summed E-state index contributed by atoms with van der Waals surface area (Å²) in [4.78, 5) is 25.0. The number of hydrogen-bond acceptors (Lipinski definition) is 9. The van der Waals surface area contributed by atoms with Crippen LogP contribution in [0.4, 0.5) is 10.1 Å². The van der Waals surface area contributed by atoms with Gasteiger partial charge in [0.15, 0.2) is 9.84 Å². The van der Waals surface area contributed by atoms with Crippen molar-refractivity contribution in [1.29, 1.82) is 0 Å². The van der Waals surface area contributed by atoms with E-state index in [1.807, 2.05) is 0 Å². The highest BCUT2D eigenvalue weighted by atomic mass is 32.2.